The minimum absolute atomic E-state index is 0.442. The van der Waals surface area contributed by atoms with E-state index in [2.05, 4.69) is 19.2 Å². The van der Waals surface area contributed by atoms with E-state index in [9.17, 15) is 0 Å². The van der Waals surface area contributed by atoms with E-state index in [4.69, 9.17) is 4.98 Å². The molecule has 0 bridgehead atoms. The van der Waals surface area contributed by atoms with Crippen LogP contribution in [-0.2, 0) is 0 Å². The lowest BCUT2D eigenvalue weighted by Gasteiger charge is -2.07. The van der Waals surface area contributed by atoms with Gasteiger partial charge in [-0.05, 0) is 33.7 Å². The Morgan fingerprint density at radius 3 is 2.67 bits per heavy atom. The Morgan fingerprint density at radius 2 is 2.07 bits per heavy atom. The van der Waals surface area contributed by atoms with Crippen molar-refractivity contribution in [3.63, 3.8) is 0 Å². The van der Waals surface area contributed by atoms with Crippen molar-refractivity contribution in [3.8, 4) is 0 Å². The third-order valence-corrected chi connectivity index (χ3v) is 4.88. The van der Waals surface area contributed by atoms with Gasteiger partial charge < -0.3 is 5.32 Å². The Morgan fingerprint density at radius 1 is 1.40 bits per heavy atom. The van der Waals surface area contributed by atoms with E-state index in [0.29, 0.717) is 6.04 Å². The zero-order valence-electron chi connectivity index (χ0n) is 9.84. The predicted octanol–water partition coefficient (Wildman–Crippen LogP) is 3.39. The second-order valence-electron chi connectivity index (χ2n) is 4.49. The fourth-order valence-corrected chi connectivity index (χ4v) is 3.61. The van der Waals surface area contributed by atoms with Gasteiger partial charge in [0.1, 0.15) is 0 Å². The molecule has 2 rings (SSSR count). The van der Waals surface area contributed by atoms with Gasteiger partial charge in [0.25, 0.3) is 0 Å². The highest BCUT2D eigenvalue weighted by Crippen LogP contribution is 2.38. The van der Waals surface area contributed by atoms with Crippen LogP contribution in [0.2, 0.25) is 0 Å². The summed E-state index contributed by atoms with van der Waals surface area (Å²) in [6, 6.07) is 0.442. The molecular formula is C12H20N2S. The molecule has 1 aliphatic rings. The molecule has 15 heavy (non-hydrogen) atoms. The van der Waals surface area contributed by atoms with Gasteiger partial charge in [0.05, 0.1) is 10.7 Å². The maximum atomic E-state index is 4.74. The summed E-state index contributed by atoms with van der Waals surface area (Å²) in [5.74, 6) is 0.756. The van der Waals surface area contributed by atoms with Crippen LogP contribution in [0.25, 0.3) is 0 Å². The summed E-state index contributed by atoms with van der Waals surface area (Å²) in [7, 11) is 2.01. The molecule has 1 fully saturated rings. The molecule has 84 valence electrons. The lowest BCUT2D eigenvalue weighted by Crippen LogP contribution is -2.11. The number of nitrogens with zero attached hydrogens (tertiary/aromatic N) is 1. The van der Waals surface area contributed by atoms with Crippen LogP contribution in [-0.4, -0.2) is 12.0 Å². The van der Waals surface area contributed by atoms with Crippen LogP contribution in [0, 0.1) is 6.92 Å². The van der Waals surface area contributed by atoms with Crippen molar-refractivity contribution in [2.75, 3.05) is 7.05 Å². The van der Waals surface area contributed by atoms with E-state index in [0.717, 1.165) is 5.92 Å². The Labute approximate surface area is 96.1 Å². The van der Waals surface area contributed by atoms with Gasteiger partial charge in [-0.2, -0.15) is 0 Å². The van der Waals surface area contributed by atoms with Gasteiger partial charge in [-0.15, -0.1) is 11.3 Å². The van der Waals surface area contributed by atoms with Crippen molar-refractivity contribution in [2.24, 2.45) is 0 Å². The molecule has 1 N–H and O–H groups in total. The molecule has 0 aromatic carbocycles. The smallest absolute Gasteiger partial charge is 0.0962 e. The summed E-state index contributed by atoms with van der Waals surface area (Å²) >= 11 is 1.92. The van der Waals surface area contributed by atoms with Crippen molar-refractivity contribution in [2.45, 2.75) is 51.5 Å². The van der Waals surface area contributed by atoms with Crippen LogP contribution < -0.4 is 5.32 Å². The molecule has 1 heterocycles. The molecule has 1 saturated carbocycles. The summed E-state index contributed by atoms with van der Waals surface area (Å²) in [4.78, 5) is 6.16. The molecule has 1 atom stereocenters. The highest BCUT2D eigenvalue weighted by atomic mass is 32.1. The second-order valence-corrected chi connectivity index (χ2v) is 5.56. The van der Waals surface area contributed by atoms with E-state index in [1.54, 1.807) is 0 Å². The Balaban J connectivity index is 2.20. The molecule has 1 aromatic rings. The number of rotatable bonds is 3. The van der Waals surface area contributed by atoms with E-state index in [1.807, 2.05) is 18.4 Å². The first kappa shape index (κ1) is 11.1. The molecular weight excluding hydrogens is 204 g/mol. The zero-order chi connectivity index (χ0) is 10.8. The molecule has 0 amide bonds. The van der Waals surface area contributed by atoms with Crippen LogP contribution in [0.3, 0.4) is 0 Å². The minimum Gasteiger partial charge on any atom is -0.312 e. The van der Waals surface area contributed by atoms with Crippen molar-refractivity contribution < 1.29 is 0 Å². The lowest BCUT2D eigenvalue weighted by atomic mass is 10.1. The summed E-state index contributed by atoms with van der Waals surface area (Å²) in [6.45, 7) is 4.34. The first-order valence-electron chi connectivity index (χ1n) is 5.87. The third kappa shape index (κ3) is 2.23. The van der Waals surface area contributed by atoms with Crippen molar-refractivity contribution in [1.29, 1.82) is 0 Å². The number of thiazole rings is 1. The second kappa shape index (κ2) is 4.62. The van der Waals surface area contributed by atoms with Crippen molar-refractivity contribution >= 4 is 11.3 Å². The molecule has 2 nitrogen and oxygen atoms in total. The SMILES string of the molecule is CNC(C)c1sc(C2CCCC2)nc1C. The summed E-state index contributed by atoms with van der Waals surface area (Å²) in [5.41, 5.74) is 1.23. The molecule has 1 unspecified atom stereocenters. The van der Waals surface area contributed by atoms with Crippen molar-refractivity contribution in [1.82, 2.24) is 10.3 Å². The van der Waals surface area contributed by atoms with Crippen LogP contribution in [0.1, 0.15) is 60.1 Å². The largest absolute Gasteiger partial charge is 0.312 e. The summed E-state index contributed by atoms with van der Waals surface area (Å²) in [5, 5.41) is 4.67. The maximum Gasteiger partial charge on any atom is 0.0962 e. The van der Waals surface area contributed by atoms with Crippen LogP contribution in [0.4, 0.5) is 0 Å². The highest BCUT2D eigenvalue weighted by molar-refractivity contribution is 7.11. The van der Waals surface area contributed by atoms with Gasteiger partial charge in [0.2, 0.25) is 0 Å². The van der Waals surface area contributed by atoms with E-state index < -0.39 is 0 Å². The molecule has 1 aromatic heterocycles. The first-order valence-corrected chi connectivity index (χ1v) is 6.68. The van der Waals surface area contributed by atoms with Crippen LogP contribution in [0.15, 0.2) is 0 Å². The van der Waals surface area contributed by atoms with Crippen molar-refractivity contribution in [3.05, 3.63) is 15.6 Å². The maximum absolute atomic E-state index is 4.74. The third-order valence-electron chi connectivity index (χ3n) is 3.38. The molecule has 0 spiro atoms. The number of hydrogen-bond donors (Lipinski definition) is 1. The average Bonchev–Trinajstić information content (AvgIpc) is 2.84. The molecule has 0 saturated heterocycles. The van der Waals surface area contributed by atoms with Gasteiger partial charge in [0, 0.05) is 16.8 Å². The number of nitrogens with one attached hydrogen (secondary N) is 1. The Hall–Kier alpha value is -0.410. The summed E-state index contributed by atoms with van der Waals surface area (Å²) < 4.78 is 0. The van der Waals surface area contributed by atoms with Gasteiger partial charge in [-0.1, -0.05) is 12.8 Å². The highest BCUT2D eigenvalue weighted by Gasteiger charge is 2.22. The quantitative estimate of drug-likeness (QED) is 0.851. The van der Waals surface area contributed by atoms with Gasteiger partial charge in [-0.3, -0.25) is 0 Å². The normalized spacial score (nSPS) is 19.7. The fourth-order valence-electron chi connectivity index (χ4n) is 2.31. The zero-order valence-corrected chi connectivity index (χ0v) is 10.7. The molecule has 3 heteroatoms. The van der Waals surface area contributed by atoms with E-state index in [-0.39, 0.29) is 0 Å². The lowest BCUT2D eigenvalue weighted by molar-refractivity contribution is 0.658. The fraction of sp³-hybridized carbons (Fsp3) is 0.750. The summed E-state index contributed by atoms with van der Waals surface area (Å²) in [6.07, 6.45) is 5.47. The number of hydrogen-bond acceptors (Lipinski definition) is 3. The molecule has 0 aliphatic heterocycles. The minimum atomic E-state index is 0.442. The van der Waals surface area contributed by atoms with Crippen LogP contribution >= 0.6 is 11.3 Å². The van der Waals surface area contributed by atoms with Gasteiger partial charge in [-0.25, -0.2) is 4.98 Å². The van der Waals surface area contributed by atoms with E-state index >= 15 is 0 Å². The monoisotopic (exact) mass is 224 g/mol. The first-order chi connectivity index (χ1) is 7.22. The van der Waals surface area contributed by atoms with Gasteiger partial charge in [0.15, 0.2) is 0 Å². The number of aromatic nitrogens is 1. The van der Waals surface area contributed by atoms with Crippen LogP contribution in [0.5, 0.6) is 0 Å². The molecule has 0 radical (unpaired) electrons. The van der Waals surface area contributed by atoms with Gasteiger partial charge >= 0.3 is 0 Å². The number of aryl methyl sites for hydroxylation is 1. The predicted molar refractivity (Wildman–Crippen MR) is 65.5 cm³/mol. The topological polar surface area (TPSA) is 24.9 Å². The standard InChI is InChI=1S/C12H20N2S/c1-8(13-3)11-9(2)14-12(15-11)10-6-4-5-7-10/h8,10,13H,4-7H2,1-3H3. The average molecular weight is 224 g/mol. The van der Waals surface area contributed by atoms with E-state index in [1.165, 1.54) is 41.3 Å². The molecule has 1 aliphatic carbocycles. The Kier molecular flexibility index (Phi) is 3.42. The Bertz CT molecular complexity index is 326.